The van der Waals surface area contributed by atoms with Crippen LogP contribution in [0.2, 0.25) is 0 Å². The molecular formula is C9H14N2O3. The van der Waals surface area contributed by atoms with E-state index in [9.17, 15) is 9.90 Å². The fourth-order valence-electron chi connectivity index (χ4n) is 1.86. The van der Waals surface area contributed by atoms with Gasteiger partial charge < -0.3 is 19.1 Å². The summed E-state index contributed by atoms with van der Waals surface area (Å²) in [7, 11) is 0. The van der Waals surface area contributed by atoms with Gasteiger partial charge in [0.15, 0.2) is 0 Å². The van der Waals surface area contributed by atoms with Crippen molar-refractivity contribution in [3.05, 3.63) is 0 Å². The van der Waals surface area contributed by atoms with Gasteiger partial charge in [0, 0.05) is 0 Å². The summed E-state index contributed by atoms with van der Waals surface area (Å²) in [6.45, 7) is 4.68. The van der Waals surface area contributed by atoms with Crippen molar-refractivity contribution < 1.29 is 19.1 Å². The maximum absolute atomic E-state index is 10.8. The minimum absolute atomic E-state index is 0.263. The number of carbonyl (C=O) groups is 1. The van der Waals surface area contributed by atoms with Crippen LogP contribution in [0.25, 0.3) is 0 Å². The molecule has 1 fully saturated rings. The fourth-order valence-corrected chi connectivity index (χ4v) is 1.86. The van der Waals surface area contributed by atoms with Crippen LogP contribution in [0.4, 0.5) is 0 Å². The number of ether oxygens (including phenoxy) is 1. The molecule has 0 amide bonds. The van der Waals surface area contributed by atoms with Gasteiger partial charge in [-0.05, 0) is 6.92 Å². The van der Waals surface area contributed by atoms with E-state index < -0.39 is 12.0 Å². The van der Waals surface area contributed by atoms with Gasteiger partial charge in [-0.1, -0.05) is 0 Å². The lowest BCUT2D eigenvalue weighted by Gasteiger charge is -2.43. The van der Waals surface area contributed by atoms with Gasteiger partial charge >= 0.3 is 0 Å². The van der Waals surface area contributed by atoms with Crippen molar-refractivity contribution >= 4 is 5.97 Å². The Morgan fingerprint density at radius 1 is 1.64 bits per heavy atom. The third-order valence-electron chi connectivity index (χ3n) is 2.88. The van der Waals surface area contributed by atoms with E-state index >= 15 is 0 Å². The van der Waals surface area contributed by atoms with Crippen molar-refractivity contribution in [2.24, 2.45) is 0 Å². The van der Waals surface area contributed by atoms with Crippen LogP contribution in [-0.2, 0) is 9.53 Å². The van der Waals surface area contributed by atoms with Crippen LogP contribution < -0.4 is 5.11 Å². The zero-order valence-electron chi connectivity index (χ0n) is 8.23. The molecule has 5 nitrogen and oxygen atoms in total. The van der Waals surface area contributed by atoms with E-state index in [-0.39, 0.29) is 4.48 Å². The number of likely N-dealkylation sites (N-methyl/N-ethyl adjacent to an activating group) is 1. The first kappa shape index (κ1) is 11.0. The molecule has 0 saturated carbocycles. The number of carbonyl (C=O) groups excluding carboxylic acids is 1. The lowest BCUT2D eigenvalue weighted by molar-refractivity contribution is -0.943. The zero-order chi connectivity index (χ0) is 10.6. The third kappa shape index (κ3) is 1.86. The molecule has 0 bridgehead atoms. The number of hydrogen-bond acceptors (Lipinski definition) is 4. The number of quaternary nitrogens is 1. The molecule has 14 heavy (non-hydrogen) atoms. The second kappa shape index (κ2) is 4.40. The standard InChI is InChI=1S/C9H14N2O3/c1-2-11(3-5-14-6-4-11)8(7-10)9(12)13/h8H,2-6H2,1H3. The van der Waals surface area contributed by atoms with Crippen molar-refractivity contribution in [2.75, 3.05) is 32.8 Å². The van der Waals surface area contributed by atoms with E-state index in [0.29, 0.717) is 32.8 Å². The van der Waals surface area contributed by atoms with E-state index in [1.807, 2.05) is 13.0 Å². The highest BCUT2D eigenvalue weighted by Crippen LogP contribution is 2.16. The second-order valence-corrected chi connectivity index (χ2v) is 3.45. The van der Waals surface area contributed by atoms with E-state index in [4.69, 9.17) is 10.00 Å². The first-order valence-electron chi connectivity index (χ1n) is 4.70. The average Bonchev–Trinajstić information content (AvgIpc) is 2.19. The molecule has 0 aromatic carbocycles. The summed E-state index contributed by atoms with van der Waals surface area (Å²) >= 11 is 0. The minimum atomic E-state index is -1.28. The van der Waals surface area contributed by atoms with E-state index in [0.717, 1.165) is 0 Å². The second-order valence-electron chi connectivity index (χ2n) is 3.45. The normalized spacial score (nSPS) is 22.3. The molecule has 0 radical (unpaired) electrons. The van der Waals surface area contributed by atoms with Gasteiger partial charge in [0.05, 0.1) is 19.8 Å². The molecule has 0 N–H and O–H groups in total. The average molecular weight is 198 g/mol. The molecule has 1 saturated heterocycles. The van der Waals surface area contributed by atoms with Gasteiger partial charge in [-0.2, -0.15) is 5.26 Å². The lowest BCUT2D eigenvalue weighted by atomic mass is 10.1. The Hall–Kier alpha value is -1.12. The molecule has 1 aliphatic rings. The van der Waals surface area contributed by atoms with Crippen LogP contribution in [0, 0.1) is 11.3 Å². The highest BCUT2D eigenvalue weighted by Gasteiger charge is 2.38. The summed E-state index contributed by atoms with van der Waals surface area (Å²) in [4.78, 5) is 10.8. The number of hydrogen-bond donors (Lipinski definition) is 0. The van der Waals surface area contributed by atoms with E-state index in [1.165, 1.54) is 0 Å². The molecule has 0 aromatic rings. The number of morpholine rings is 1. The highest BCUT2D eigenvalue weighted by atomic mass is 16.5. The predicted octanol–water partition coefficient (Wildman–Crippen LogP) is -1.50. The van der Waals surface area contributed by atoms with Crippen molar-refractivity contribution in [2.45, 2.75) is 13.0 Å². The zero-order valence-corrected chi connectivity index (χ0v) is 8.23. The van der Waals surface area contributed by atoms with Crippen molar-refractivity contribution in [1.29, 1.82) is 5.26 Å². The summed E-state index contributed by atoms with van der Waals surface area (Å²) < 4.78 is 5.43. The first-order chi connectivity index (χ1) is 6.66. The van der Waals surface area contributed by atoms with Gasteiger partial charge in [0.2, 0.25) is 6.04 Å². The Morgan fingerprint density at radius 3 is 2.57 bits per heavy atom. The predicted molar refractivity (Wildman–Crippen MR) is 45.8 cm³/mol. The SMILES string of the molecule is CC[N+]1(C(C#N)C(=O)[O-])CCOCC1. The smallest absolute Gasteiger partial charge is 0.216 e. The molecule has 1 rings (SSSR count). The molecule has 1 atom stereocenters. The lowest BCUT2D eigenvalue weighted by Crippen LogP contribution is -2.65. The number of carboxylic acids is 1. The third-order valence-corrected chi connectivity index (χ3v) is 2.88. The number of nitriles is 1. The fraction of sp³-hybridized carbons (Fsp3) is 0.778. The van der Waals surface area contributed by atoms with Gasteiger partial charge in [0.1, 0.15) is 25.1 Å². The molecule has 0 spiro atoms. The Labute approximate surface area is 83.1 Å². The summed E-state index contributed by atoms with van der Waals surface area (Å²) in [6.07, 6.45) is 0. The molecule has 1 unspecified atom stereocenters. The van der Waals surface area contributed by atoms with Crippen LogP contribution in [0.3, 0.4) is 0 Å². The van der Waals surface area contributed by atoms with Crippen molar-refractivity contribution in [3.63, 3.8) is 0 Å². The van der Waals surface area contributed by atoms with Gasteiger partial charge in [-0.25, -0.2) is 0 Å². The molecule has 0 aliphatic carbocycles. The topological polar surface area (TPSA) is 73.2 Å². The molecule has 1 aliphatic heterocycles. The first-order valence-corrected chi connectivity index (χ1v) is 4.70. The van der Waals surface area contributed by atoms with Gasteiger partial charge in [0.25, 0.3) is 0 Å². The number of aliphatic carboxylic acids is 1. The molecule has 0 aromatic heterocycles. The Balaban J connectivity index is 2.86. The maximum Gasteiger partial charge on any atom is 0.216 e. The minimum Gasteiger partial charge on any atom is -0.543 e. The molecular weight excluding hydrogens is 184 g/mol. The number of nitrogens with zero attached hydrogens (tertiary/aromatic N) is 2. The quantitative estimate of drug-likeness (QED) is 0.517. The van der Waals surface area contributed by atoms with Crippen LogP contribution in [0.15, 0.2) is 0 Å². The Kier molecular flexibility index (Phi) is 3.44. The van der Waals surface area contributed by atoms with E-state index in [1.54, 1.807) is 0 Å². The van der Waals surface area contributed by atoms with Crippen molar-refractivity contribution in [1.82, 2.24) is 0 Å². The largest absolute Gasteiger partial charge is 0.543 e. The van der Waals surface area contributed by atoms with E-state index in [2.05, 4.69) is 0 Å². The maximum atomic E-state index is 10.8. The van der Waals surface area contributed by atoms with Crippen LogP contribution in [0.1, 0.15) is 6.92 Å². The van der Waals surface area contributed by atoms with Crippen molar-refractivity contribution in [3.8, 4) is 6.07 Å². The van der Waals surface area contributed by atoms with Crippen LogP contribution in [-0.4, -0.2) is 49.3 Å². The summed E-state index contributed by atoms with van der Waals surface area (Å²) in [6, 6.07) is 0.752. The summed E-state index contributed by atoms with van der Waals surface area (Å²) in [5, 5.41) is 19.6. The molecule has 1 heterocycles. The van der Waals surface area contributed by atoms with Crippen LogP contribution >= 0.6 is 0 Å². The van der Waals surface area contributed by atoms with Gasteiger partial charge in [-0.3, -0.25) is 0 Å². The summed E-state index contributed by atoms with van der Waals surface area (Å²) in [5.74, 6) is -1.28. The Morgan fingerprint density at radius 2 is 2.21 bits per heavy atom. The highest BCUT2D eigenvalue weighted by molar-refractivity contribution is 5.73. The monoisotopic (exact) mass is 198 g/mol. The number of rotatable bonds is 3. The van der Waals surface area contributed by atoms with Gasteiger partial charge in [-0.15, -0.1) is 0 Å². The molecule has 78 valence electrons. The summed E-state index contributed by atoms with van der Waals surface area (Å²) in [5.41, 5.74) is 0. The number of carboxylic acid groups (broad SMARTS) is 1. The Bertz CT molecular complexity index is 253. The molecule has 5 heteroatoms. The van der Waals surface area contributed by atoms with Crippen LogP contribution in [0.5, 0.6) is 0 Å².